The van der Waals surface area contributed by atoms with Crippen molar-refractivity contribution >= 4 is 42.1 Å². The van der Waals surface area contributed by atoms with Crippen LogP contribution < -0.4 is 5.19 Å². The average Bonchev–Trinajstić information content (AvgIpc) is 2.24. The molecule has 0 heterocycles. The van der Waals surface area contributed by atoms with Crippen molar-refractivity contribution in [2.24, 2.45) is 0 Å². The zero-order valence-corrected chi connectivity index (χ0v) is 12.8. The molecule has 2 rings (SSSR count). The minimum atomic E-state index is 1.12. The third-order valence-corrected chi connectivity index (χ3v) is 4.74. The topological polar surface area (TPSA) is 0 Å². The predicted octanol–water partition coefficient (Wildman–Crippen LogP) is 2.55. The number of hydrogen-bond donors (Lipinski definition) is 0. The lowest BCUT2D eigenvalue weighted by Crippen LogP contribution is -2.12. The minimum Gasteiger partial charge on any atom is -0.0651 e. The molecule has 0 fully saturated rings. The molecule has 2 heteroatoms. The van der Waals surface area contributed by atoms with E-state index in [1.807, 2.05) is 0 Å². The first-order valence-corrected chi connectivity index (χ1v) is 7.20. The first-order valence-electron chi connectivity index (χ1n) is 5.40. The Balaban J connectivity index is 2.72. The summed E-state index contributed by atoms with van der Waals surface area (Å²) >= 11 is 3.69. The van der Waals surface area contributed by atoms with Gasteiger partial charge < -0.3 is 0 Å². The van der Waals surface area contributed by atoms with E-state index in [4.69, 9.17) is 0 Å². The highest BCUT2D eigenvalue weighted by Crippen LogP contribution is 2.23. The van der Waals surface area contributed by atoms with Gasteiger partial charge in [0, 0.05) is 14.7 Å². The maximum absolute atomic E-state index is 3.69. The second kappa shape index (κ2) is 4.50. The zero-order chi connectivity index (χ0) is 10.8. The van der Waals surface area contributed by atoms with E-state index in [-0.39, 0.29) is 0 Å². The lowest BCUT2D eigenvalue weighted by Gasteiger charge is -2.11. The molecule has 0 saturated carbocycles. The van der Waals surface area contributed by atoms with Gasteiger partial charge in [0.2, 0.25) is 0 Å². The molecule has 0 N–H and O–H groups in total. The van der Waals surface area contributed by atoms with E-state index in [0.717, 1.165) is 10.2 Å². The number of halogens is 1. The molecule has 0 spiro atoms. The van der Waals surface area contributed by atoms with E-state index in [0.29, 0.717) is 0 Å². The maximum atomic E-state index is 3.69. The first kappa shape index (κ1) is 10.9. The van der Waals surface area contributed by atoms with Gasteiger partial charge in [-0.3, -0.25) is 0 Å². The smallest absolute Gasteiger partial charge is 0.0397 e. The van der Waals surface area contributed by atoms with Crippen molar-refractivity contribution in [1.82, 2.24) is 0 Å². The Labute approximate surface area is 102 Å². The molecule has 0 saturated heterocycles. The predicted molar refractivity (Wildman–Crippen MR) is 75.2 cm³/mol. The van der Waals surface area contributed by atoms with Gasteiger partial charge in [-0.1, -0.05) is 58.7 Å². The van der Waals surface area contributed by atoms with Gasteiger partial charge >= 0.3 is 0 Å². The largest absolute Gasteiger partial charge is 0.0651 e. The van der Waals surface area contributed by atoms with Crippen molar-refractivity contribution < 1.29 is 0 Å². The Bertz CT molecular complexity index is 491. The molecule has 78 valence electrons. The van der Waals surface area contributed by atoms with Crippen LogP contribution in [0.2, 0.25) is 0 Å². The molecule has 0 aliphatic heterocycles. The van der Waals surface area contributed by atoms with E-state index >= 15 is 0 Å². The van der Waals surface area contributed by atoms with Crippen molar-refractivity contribution in [1.29, 1.82) is 0 Å². The summed E-state index contributed by atoms with van der Waals surface area (Å²) in [4.78, 5) is 0. The zero-order valence-electron chi connectivity index (χ0n) is 9.18. The van der Waals surface area contributed by atoms with Crippen LogP contribution in [-0.2, 0) is 6.42 Å². The standard InChI is InChI=1S/C13H15BrSi/c1-2-5-11-12(14)8-9-6-3-4-7-10(9)13(11)15/h3-4,6-8H,2,5H2,1,15H3. The number of fused-ring (bicyclic) bond motifs is 1. The maximum Gasteiger partial charge on any atom is 0.0397 e. The number of rotatable bonds is 2. The van der Waals surface area contributed by atoms with Crippen LogP contribution in [0.25, 0.3) is 10.8 Å². The Morgan fingerprint density at radius 1 is 1.27 bits per heavy atom. The summed E-state index contributed by atoms with van der Waals surface area (Å²) in [5.41, 5.74) is 1.52. The van der Waals surface area contributed by atoms with Crippen molar-refractivity contribution in [2.75, 3.05) is 0 Å². The van der Waals surface area contributed by atoms with E-state index in [2.05, 4.69) is 53.2 Å². The number of benzene rings is 2. The molecule has 15 heavy (non-hydrogen) atoms. The van der Waals surface area contributed by atoms with Crippen molar-refractivity contribution in [3.8, 4) is 0 Å². The van der Waals surface area contributed by atoms with Gasteiger partial charge in [0.25, 0.3) is 0 Å². The Hall–Kier alpha value is -0.603. The van der Waals surface area contributed by atoms with Crippen LogP contribution in [0.4, 0.5) is 0 Å². The lowest BCUT2D eigenvalue weighted by atomic mass is 10.0. The second-order valence-corrected chi connectivity index (χ2v) is 5.79. The molecule has 0 nitrogen and oxygen atoms in total. The number of hydrogen-bond acceptors (Lipinski definition) is 0. The van der Waals surface area contributed by atoms with E-state index < -0.39 is 0 Å². The van der Waals surface area contributed by atoms with Crippen LogP contribution >= 0.6 is 15.9 Å². The molecule has 0 aliphatic rings. The molecule has 0 atom stereocenters. The van der Waals surface area contributed by atoms with Gasteiger partial charge in [0.15, 0.2) is 0 Å². The van der Waals surface area contributed by atoms with Crippen molar-refractivity contribution in [2.45, 2.75) is 19.8 Å². The van der Waals surface area contributed by atoms with Crippen LogP contribution in [0, 0.1) is 0 Å². The molecule has 2 aromatic carbocycles. The fraction of sp³-hybridized carbons (Fsp3) is 0.231. The van der Waals surface area contributed by atoms with Crippen LogP contribution in [0.5, 0.6) is 0 Å². The third-order valence-electron chi connectivity index (χ3n) is 2.89. The molecule has 0 amide bonds. The molecular formula is C13H15BrSi. The summed E-state index contributed by atoms with van der Waals surface area (Å²) in [6.45, 7) is 2.24. The van der Waals surface area contributed by atoms with Gasteiger partial charge in [0.1, 0.15) is 0 Å². The Morgan fingerprint density at radius 2 is 2.00 bits per heavy atom. The third kappa shape index (κ3) is 2.01. The molecule has 0 bridgehead atoms. The van der Waals surface area contributed by atoms with E-state index in [1.54, 1.807) is 5.19 Å². The fourth-order valence-electron chi connectivity index (χ4n) is 2.09. The minimum absolute atomic E-state index is 1.12. The molecule has 0 aromatic heterocycles. The molecule has 2 aromatic rings. The Kier molecular flexibility index (Phi) is 3.27. The molecular weight excluding hydrogens is 264 g/mol. The summed E-state index contributed by atoms with van der Waals surface area (Å²) in [6.07, 6.45) is 2.40. The summed E-state index contributed by atoms with van der Waals surface area (Å²) in [6, 6.07) is 10.9. The van der Waals surface area contributed by atoms with Gasteiger partial charge in [-0.15, -0.1) is 0 Å². The van der Waals surface area contributed by atoms with Gasteiger partial charge in [-0.2, -0.15) is 0 Å². The highest BCUT2D eigenvalue weighted by Gasteiger charge is 2.06. The second-order valence-electron chi connectivity index (χ2n) is 3.93. The van der Waals surface area contributed by atoms with Gasteiger partial charge in [0.05, 0.1) is 0 Å². The van der Waals surface area contributed by atoms with Gasteiger partial charge in [-0.05, 0) is 28.8 Å². The first-order chi connectivity index (χ1) is 7.24. The molecule has 0 unspecified atom stereocenters. The summed E-state index contributed by atoms with van der Waals surface area (Å²) in [5, 5.41) is 4.35. The van der Waals surface area contributed by atoms with Crippen molar-refractivity contribution in [3.05, 3.63) is 40.4 Å². The van der Waals surface area contributed by atoms with Crippen LogP contribution in [-0.4, -0.2) is 10.2 Å². The van der Waals surface area contributed by atoms with Crippen LogP contribution in [0.3, 0.4) is 0 Å². The summed E-state index contributed by atoms with van der Waals surface area (Å²) in [5.74, 6) is 0. The highest BCUT2D eigenvalue weighted by atomic mass is 79.9. The SMILES string of the molecule is CCCc1c(Br)cc2ccccc2c1[SiH3]. The van der Waals surface area contributed by atoms with Crippen LogP contribution in [0.15, 0.2) is 34.8 Å². The monoisotopic (exact) mass is 278 g/mol. The quantitative estimate of drug-likeness (QED) is 0.741. The lowest BCUT2D eigenvalue weighted by molar-refractivity contribution is 0.924. The Morgan fingerprint density at radius 3 is 2.73 bits per heavy atom. The molecule has 0 aliphatic carbocycles. The van der Waals surface area contributed by atoms with Crippen LogP contribution in [0.1, 0.15) is 18.9 Å². The van der Waals surface area contributed by atoms with E-state index in [1.165, 1.54) is 33.7 Å². The van der Waals surface area contributed by atoms with Gasteiger partial charge in [-0.25, -0.2) is 0 Å². The molecule has 0 radical (unpaired) electrons. The fourth-order valence-corrected chi connectivity index (χ4v) is 4.17. The average molecular weight is 279 g/mol. The van der Waals surface area contributed by atoms with Crippen molar-refractivity contribution in [3.63, 3.8) is 0 Å². The highest BCUT2D eigenvalue weighted by molar-refractivity contribution is 9.10. The summed E-state index contributed by atoms with van der Waals surface area (Å²) in [7, 11) is 1.12. The van der Waals surface area contributed by atoms with E-state index in [9.17, 15) is 0 Å². The summed E-state index contributed by atoms with van der Waals surface area (Å²) < 4.78 is 1.29. The normalized spacial score (nSPS) is 11.1.